The Balaban J connectivity index is 1.43. The van der Waals surface area contributed by atoms with Gasteiger partial charge < -0.3 is 4.74 Å². The quantitative estimate of drug-likeness (QED) is 0.361. The van der Waals surface area contributed by atoms with Gasteiger partial charge in [-0.25, -0.2) is 4.39 Å². The highest BCUT2D eigenvalue weighted by atomic mass is 19.1. The standard InChI is InChI=1S/C26H37FN2O/c1-3-5-6-7-8-20-9-11-21(12-10-20)13-14-22-15-18-26(29-28-22)24-17-16-23(30-4-2)19-25(24)27/h15-21H,3-14H2,1-2H3. The van der Waals surface area contributed by atoms with Crippen LogP contribution in [0.4, 0.5) is 4.39 Å². The molecule has 3 nitrogen and oxygen atoms in total. The van der Waals surface area contributed by atoms with Crippen LogP contribution >= 0.6 is 0 Å². The summed E-state index contributed by atoms with van der Waals surface area (Å²) in [6.45, 7) is 4.69. The van der Waals surface area contributed by atoms with Crippen LogP contribution in [0.5, 0.6) is 5.75 Å². The maximum absolute atomic E-state index is 14.4. The Bertz CT molecular complexity index is 754. The largest absolute Gasteiger partial charge is 0.494 e. The molecule has 0 spiro atoms. The minimum Gasteiger partial charge on any atom is -0.494 e. The van der Waals surface area contributed by atoms with Gasteiger partial charge in [-0.05, 0) is 55.9 Å². The number of nitrogens with zero attached hydrogens (tertiary/aromatic N) is 2. The lowest BCUT2D eigenvalue weighted by atomic mass is 9.78. The molecule has 164 valence electrons. The first-order valence-corrected chi connectivity index (χ1v) is 11.9. The maximum atomic E-state index is 14.4. The highest BCUT2D eigenvalue weighted by Crippen LogP contribution is 2.34. The lowest BCUT2D eigenvalue weighted by Crippen LogP contribution is -2.15. The molecule has 1 aromatic heterocycles. The third-order valence-electron chi connectivity index (χ3n) is 6.49. The zero-order chi connectivity index (χ0) is 21.2. The molecule has 0 aliphatic heterocycles. The maximum Gasteiger partial charge on any atom is 0.136 e. The summed E-state index contributed by atoms with van der Waals surface area (Å²) in [5, 5.41) is 8.64. The van der Waals surface area contributed by atoms with E-state index in [0.29, 0.717) is 23.6 Å². The van der Waals surface area contributed by atoms with Crippen LogP contribution in [0.15, 0.2) is 30.3 Å². The zero-order valence-corrected chi connectivity index (χ0v) is 18.7. The van der Waals surface area contributed by atoms with Gasteiger partial charge in [0.15, 0.2) is 0 Å². The Labute approximate surface area is 181 Å². The number of unbranched alkanes of at least 4 members (excludes halogenated alkanes) is 3. The van der Waals surface area contributed by atoms with Gasteiger partial charge in [0, 0.05) is 11.6 Å². The summed E-state index contributed by atoms with van der Waals surface area (Å²) in [6.07, 6.45) is 14.7. The van der Waals surface area contributed by atoms with Crippen LogP contribution in [-0.4, -0.2) is 16.8 Å². The van der Waals surface area contributed by atoms with E-state index in [1.807, 2.05) is 19.1 Å². The van der Waals surface area contributed by atoms with Crippen LogP contribution in [0.1, 0.15) is 83.7 Å². The van der Waals surface area contributed by atoms with Gasteiger partial charge in [0.2, 0.25) is 0 Å². The average Bonchev–Trinajstić information content (AvgIpc) is 2.77. The van der Waals surface area contributed by atoms with Crippen molar-refractivity contribution in [2.24, 2.45) is 11.8 Å². The highest BCUT2D eigenvalue weighted by molar-refractivity contribution is 5.60. The first kappa shape index (κ1) is 22.7. The number of halogens is 1. The summed E-state index contributed by atoms with van der Waals surface area (Å²) < 4.78 is 19.7. The molecule has 0 radical (unpaired) electrons. The molecule has 3 rings (SSSR count). The molecule has 0 bridgehead atoms. The van der Waals surface area contributed by atoms with Crippen LogP contribution < -0.4 is 4.74 Å². The van der Waals surface area contributed by atoms with Crippen LogP contribution in [0.2, 0.25) is 0 Å². The van der Waals surface area contributed by atoms with Crippen molar-refractivity contribution in [3.05, 3.63) is 41.8 Å². The number of hydrogen-bond acceptors (Lipinski definition) is 3. The lowest BCUT2D eigenvalue weighted by Gasteiger charge is -2.28. The van der Waals surface area contributed by atoms with Crippen LogP contribution in [0.25, 0.3) is 11.3 Å². The molecule has 2 aromatic rings. The number of benzene rings is 1. The van der Waals surface area contributed by atoms with Crippen molar-refractivity contribution >= 4 is 0 Å². The van der Waals surface area contributed by atoms with Crippen molar-refractivity contribution < 1.29 is 9.13 Å². The highest BCUT2D eigenvalue weighted by Gasteiger charge is 2.21. The van der Waals surface area contributed by atoms with Crippen molar-refractivity contribution in [1.29, 1.82) is 0 Å². The van der Waals surface area contributed by atoms with E-state index in [9.17, 15) is 4.39 Å². The Morgan fingerprint density at radius 2 is 1.67 bits per heavy atom. The van der Waals surface area contributed by atoms with Gasteiger partial charge in [-0.1, -0.05) is 64.7 Å². The van der Waals surface area contributed by atoms with E-state index < -0.39 is 0 Å². The van der Waals surface area contributed by atoms with Crippen molar-refractivity contribution in [3.8, 4) is 17.0 Å². The van der Waals surface area contributed by atoms with E-state index in [0.717, 1.165) is 24.0 Å². The fourth-order valence-corrected chi connectivity index (χ4v) is 4.62. The monoisotopic (exact) mass is 412 g/mol. The lowest BCUT2D eigenvalue weighted by molar-refractivity contribution is 0.248. The van der Waals surface area contributed by atoms with E-state index in [1.54, 1.807) is 12.1 Å². The molecular formula is C26H37FN2O. The molecule has 0 saturated heterocycles. The van der Waals surface area contributed by atoms with Gasteiger partial charge in [0.25, 0.3) is 0 Å². The molecule has 1 aliphatic rings. The van der Waals surface area contributed by atoms with Crippen LogP contribution in [0.3, 0.4) is 0 Å². The molecule has 1 fully saturated rings. The molecule has 0 unspecified atom stereocenters. The second-order valence-electron chi connectivity index (χ2n) is 8.76. The number of hydrogen-bond donors (Lipinski definition) is 0. The summed E-state index contributed by atoms with van der Waals surface area (Å²) >= 11 is 0. The number of rotatable bonds is 11. The Hall–Kier alpha value is -1.97. The normalized spacial score (nSPS) is 19.0. The molecule has 0 N–H and O–H groups in total. The van der Waals surface area contributed by atoms with E-state index in [2.05, 4.69) is 17.1 Å². The summed E-state index contributed by atoms with van der Waals surface area (Å²) in [5.41, 5.74) is 2.05. The predicted molar refractivity (Wildman–Crippen MR) is 121 cm³/mol. The molecule has 1 aromatic carbocycles. The topological polar surface area (TPSA) is 35.0 Å². The van der Waals surface area contributed by atoms with Crippen molar-refractivity contribution in [1.82, 2.24) is 10.2 Å². The predicted octanol–water partition coefficient (Wildman–Crippen LogP) is 7.39. The number of ether oxygens (including phenoxy) is 1. The molecular weight excluding hydrogens is 375 g/mol. The number of aryl methyl sites for hydroxylation is 1. The fraction of sp³-hybridized carbons (Fsp3) is 0.615. The number of aromatic nitrogens is 2. The van der Waals surface area contributed by atoms with E-state index in [4.69, 9.17) is 4.74 Å². The smallest absolute Gasteiger partial charge is 0.136 e. The molecule has 30 heavy (non-hydrogen) atoms. The summed E-state index contributed by atoms with van der Waals surface area (Å²) in [6, 6.07) is 8.78. The van der Waals surface area contributed by atoms with Crippen LogP contribution in [0, 0.1) is 17.7 Å². The Morgan fingerprint density at radius 3 is 2.30 bits per heavy atom. The first-order valence-electron chi connectivity index (χ1n) is 11.9. The van der Waals surface area contributed by atoms with Gasteiger partial charge >= 0.3 is 0 Å². The molecule has 4 heteroatoms. The Kier molecular flexibility index (Phi) is 9.10. The molecule has 1 saturated carbocycles. The summed E-state index contributed by atoms with van der Waals surface area (Å²) in [7, 11) is 0. The van der Waals surface area contributed by atoms with Crippen molar-refractivity contribution in [3.63, 3.8) is 0 Å². The second-order valence-corrected chi connectivity index (χ2v) is 8.76. The Morgan fingerprint density at radius 1 is 0.900 bits per heavy atom. The van der Waals surface area contributed by atoms with Gasteiger partial charge in [0.1, 0.15) is 11.6 Å². The average molecular weight is 413 g/mol. The minimum atomic E-state index is -0.325. The van der Waals surface area contributed by atoms with Crippen LogP contribution in [-0.2, 0) is 6.42 Å². The van der Waals surface area contributed by atoms with Gasteiger partial charge in [-0.3, -0.25) is 0 Å². The molecule has 1 heterocycles. The van der Waals surface area contributed by atoms with E-state index in [-0.39, 0.29) is 5.82 Å². The third-order valence-corrected chi connectivity index (χ3v) is 6.49. The summed E-state index contributed by atoms with van der Waals surface area (Å²) in [5.74, 6) is 2.00. The molecule has 0 atom stereocenters. The summed E-state index contributed by atoms with van der Waals surface area (Å²) in [4.78, 5) is 0. The van der Waals surface area contributed by atoms with Crippen molar-refractivity contribution in [2.75, 3.05) is 6.61 Å². The SMILES string of the molecule is CCCCCCC1CCC(CCc2ccc(-c3ccc(OCC)cc3F)nn2)CC1. The van der Waals surface area contributed by atoms with E-state index >= 15 is 0 Å². The van der Waals surface area contributed by atoms with E-state index in [1.165, 1.54) is 70.3 Å². The third kappa shape index (κ3) is 6.78. The fourth-order valence-electron chi connectivity index (χ4n) is 4.62. The molecule has 0 amide bonds. The van der Waals surface area contributed by atoms with Gasteiger partial charge in [-0.15, -0.1) is 0 Å². The van der Waals surface area contributed by atoms with Gasteiger partial charge in [0.05, 0.1) is 18.0 Å². The van der Waals surface area contributed by atoms with Gasteiger partial charge in [-0.2, -0.15) is 10.2 Å². The molecule has 1 aliphatic carbocycles. The second kappa shape index (κ2) is 12.0. The minimum absolute atomic E-state index is 0.325. The first-order chi connectivity index (χ1) is 14.7. The zero-order valence-electron chi connectivity index (χ0n) is 18.7. The van der Waals surface area contributed by atoms with Crippen molar-refractivity contribution in [2.45, 2.75) is 84.5 Å².